The first-order chi connectivity index (χ1) is 11.9. The Kier molecular flexibility index (Phi) is 6.96. The smallest absolute Gasteiger partial charge is 0.192 e. The van der Waals surface area contributed by atoms with Gasteiger partial charge in [-0.2, -0.15) is 0 Å². The summed E-state index contributed by atoms with van der Waals surface area (Å²) < 4.78 is 12.9. The van der Waals surface area contributed by atoms with Crippen LogP contribution in [0.2, 0.25) is 5.02 Å². The molecule has 0 fully saturated rings. The summed E-state index contributed by atoms with van der Waals surface area (Å²) in [5.74, 6) is -0.302. The van der Waals surface area contributed by atoms with Crippen molar-refractivity contribution in [2.24, 2.45) is 4.99 Å². The van der Waals surface area contributed by atoms with Gasteiger partial charge < -0.3 is 4.90 Å². The molecule has 1 aromatic heterocycles. The van der Waals surface area contributed by atoms with E-state index < -0.39 is 0 Å². The van der Waals surface area contributed by atoms with E-state index in [-0.39, 0.29) is 28.1 Å². The molecule has 0 saturated carbocycles. The highest BCUT2D eigenvalue weighted by Gasteiger charge is 2.15. The Balaban J connectivity index is 2.10. The van der Waals surface area contributed by atoms with Gasteiger partial charge in [0.1, 0.15) is 11.5 Å². The fourth-order valence-corrected chi connectivity index (χ4v) is 2.90. The van der Waals surface area contributed by atoms with Gasteiger partial charge in [-0.25, -0.2) is 14.4 Å². The van der Waals surface area contributed by atoms with Gasteiger partial charge in [0.05, 0.1) is 28.5 Å². The van der Waals surface area contributed by atoms with Crippen molar-refractivity contribution in [1.82, 2.24) is 9.88 Å². The van der Waals surface area contributed by atoms with Gasteiger partial charge in [-0.1, -0.05) is 11.6 Å². The maximum absolute atomic E-state index is 12.9. The molecule has 0 radical (unpaired) electrons. The van der Waals surface area contributed by atoms with Crippen LogP contribution in [0, 0.1) is 12.7 Å². The number of nitrogens with zero attached hydrogens (tertiary/aromatic N) is 3. The predicted molar refractivity (Wildman–Crippen MR) is 102 cm³/mol. The van der Waals surface area contributed by atoms with E-state index in [1.807, 2.05) is 18.9 Å². The lowest BCUT2D eigenvalue weighted by molar-refractivity contribution is 0.101. The molecule has 0 N–H and O–H groups in total. The topological polar surface area (TPSA) is 45.6 Å². The van der Waals surface area contributed by atoms with E-state index in [1.54, 1.807) is 31.5 Å². The molecule has 1 aromatic carbocycles. The quantitative estimate of drug-likeness (QED) is 0.301. The molecular formula is C18H19ClFN3OS. The summed E-state index contributed by atoms with van der Waals surface area (Å²) >= 11 is 7.54. The van der Waals surface area contributed by atoms with Crippen LogP contribution in [0.3, 0.4) is 0 Å². The Hall–Kier alpha value is -1.92. The predicted octanol–water partition coefficient (Wildman–Crippen LogP) is 4.77. The Bertz CT molecular complexity index is 781. The van der Waals surface area contributed by atoms with Gasteiger partial charge in [0, 0.05) is 18.5 Å². The third kappa shape index (κ3) is 5.54. The van der Waals surface area contributed by atoms with Crippen molar-refractivity contribution >= 4 is 41.2 Å². The number of aryl methyl sites for hydroxylation is 1. The van der Waals surface area contributed by atoms with E-state index in [9.17, 15) is 9.18 Å². The molecule has 4 nitrogen and oxygen atoms in total. The number of carbonyl (C=O) groups is 1. The largest absolute Gasteiger partial charge is 0.366 e. The van der Waals surface area contributed by atoms with Crippen LogP contribution in [0.25, 0.3) is 0 Å². The van der Waals surface area contributed by atoms with Crippen LogP contribution >= 0.6 is 23.4 Å². The number of ketones is 1. The Morgan fingerprint density at radius 1 is 1.40 bits per heavy atom. The molecule has 0 aliphatic carbocycles. The molecule has 132 valence electrons. The zero-order chi connectivity index (χ0) is 18.4. The van der Waals surface area contributed by atoms with Gasteiger partial charge in [0.2, 0.25) is 0 Å². The highest BCUT2D eigenvalue weighted by atomic mass is 35.5. The molecule has 0 amide bonds. The van der Waals surface area contributed by atoms with Crippen molar-refractivity contribution in [1.29, 1.82) is 0 Å². The zero-order valence-corrected chi connectivity index (χ0v) is 15.9. The summed E-state index contributed by atoms with van der Waals surface area (Å²) in [6.45, 7) is 4.64. The number of aromatic nitrogens is 1. The average molecular weight is 380 g/mol. The highest BCUT2D eigenvalue weighted by molar-refractivity contribution is 8.00. The van der Waals surface area contributed by atoms with Crippen molar-refractivity contribution in [3.05, 3.63) is 52.6 Å². The Morgan fingerprint density at radius 2 is 2.08 bits per heavy atom. The summed E-state index contributed by atoms with van der Waals surface area (Å²) in [5.41, 5.74) is 1.50. The van der Waals surface area contributed by atoms with Crippen LogP contribution < -0.4 is 0 Å². The van der Waals surface area contributed by atoms with Crippen LogP contribution in [0.5, 0.6) is 0 Å². The number of rotatable bonds is 7. The third-order valence-corrected chi connectivity index (χ3v) is 4.78. The van der Waals surface area contributed by atoms with Gasteiger partial charge >= 0.3 is 0 Å². The fourth-order valence-electron chi connectivity index (χ4n) is 1.89. The molecular weight excluding hydrogens is 361 g/mol. The van der Waals surface area contributed by atoms with Gasteiger partial charge in [0.15, 0.2) is 5.78 Å². The van der Waals surface area contributed by atoms with Gasteiger partial charge in [-0.05, 0) is 44.2 Å². The Morgan fingerprint density at radius 3 is 2.72 bits per heavy atom. The van der Waals surface area contributed by atoms with E-state index in [4.69, 9.17) is 11.6 Å². The number of thioether (sulfide) groups is 1. The van der Waals surface area contributed by atoms with Crippen molar-refractivity contribution in [3.8, 4) is 0 Å². The Labute approximate surface area is 156 Å². The molecule has 2 aromatic rings. The second-order valence-corrected chi connectivity index (χ2v) is 6.86. The summed E-state index contributed by atoms with van der Waals surface area (Å²) in [5, 5.41) is 0.279. The van der Waals surface area contributed by atoms with E-state index in [2.05, 4.69) is 9.98 Å². The first-order valence-corrected chi connectivity index (χ1v) is 9.10. The van der Waals surface area contributed by atoms with Crippen molar-refractivity contribution in [3.63, 3.8) is 0 Å². The molecule has 0 spiro atoms. The van der Waals surface area contributed by atoms with E-state index in [0.29, 0.717) is 11.4 Å². The minimum atomic E-state index is -0.305. The normalized spacial score (nSPS) is 11.1. The second kappa shape index (κ2) is 8.97. The molecule has 0 bridgehead atoms. The van der Waals surface area contributed by atoms with Crippen molar-refractivity contribution in [2.75, 3.05) is 19.3 Å². The fraction of sp³-hybridized carbons (Fsp3) is 0.278. The van der Waals surface area contributed by atoms with Crippen molar-refractivity contribution < 1.29 is 9.18 Å². The van der Waals surface area contributed by atoms with Gasteiger partial charge in [0.25, 0.3) is 0 Å². The average Bonchev–Trinajstić information content (AvgIpc) is 2.61. The SMILES string of the molecule is CCN(C)/C=N\c1cc(Cl)c(C(=O)CSc2ccc(F)cc2)nc1C. The zero-order valence-electron chi connectivity index (χ0n) is 14.3. The maximum Gasteiger partial charge on any atom is 0.192 e. The lowest BCUT2D eigenvalue weighted by Crippen LogP contribution is -2.14. The molecule has 7 heteroatoms. The molecule has 0 aliphatic rings. The number of aliphatic imine (C=N–C) groups is 1. The van der Waals surface area contributed by atoms with E-state index in [1.165, 1.54) is 23.9 Å². The lowest BCUT2D eigenvalue weighted by Gasteiger charge is -2.10. The maximum atomic E-state index is 12.9. The first kappa shape index (κ1) is 19.4. The van der Waals surface area contributed by atoms with Crippen LogP contribution in [0.1, 0.15) is 23.1 Å². The summed E-state index contributed by atoms with van der Waals surface area (Å²) in [6.07, 6.45) is 1.70. The number of pyridine rings is 1. The summed E-state index contributed by atoms with van der Waals surface area (Å²) in [6, 6.07) is 7.65. The first-order valence-electron chi connectivity index (χ1n) is 7.73. The molecule has 0 saturated heterocycles. The number of hydrogen-bond acceptors (Lipinski definition) is 4. The van der Waals surface area contributed by atoms with E-state index in [0.717, 1.165) is 11.4 Å². The number of halogens is 2. The summed E-state index contributed by atoms with van der Waals surface area (Å²) in [7, 11) is 1.92. The monoisotopic (exact) mass is 379 g/mol. The number of carbonyl (C=O) groups excluding carboxylic acids is 1. The molecule has 25 heavy (non-hydrogen) atoms. The van der Waals surface area contributed by atoms with Crippen molar-refractivity contribution in [2.45, 2.75) is 18.7 Å². The molecule has 0 aliphatic heterocycles. The van der Waals surface area contributed by atoms with Crippen LogP contribution in [0.4, 0.5) is 10.1 Å². The van der Waals surface area contributed by atoms with E-state index >= 15 is 0 Å². The number of hydrogen-bond donors (Lipinski definition) is 0. The van der Waals surface area contributed by atoms with Crippen LogP contribution in [-0.4, -0.2) is 41.4 Å². The molecule has 1 heterocycles. The van der Waals surface area contributed by atoms with Crippen LogP contribution in [0.15, 0.2) is 40.2 Å². The van der Waals surface area contributed by atoms with Gasteiger partial charge in [-0.15, -0.1) is 11.8 Å². The number of benzene rings is 1. The standard InChI is InChI=1S/C18H19ClFN3OS/c1-4-23(3)11-21-16-9-15(19)18(22-12(16)2)17(24)10-25-14-7-5-13(20)6-8-14/h5-9,11H,4,10H2,1-3H3/b21-11-. The second-order valence-electron chi connectivity index (χ2n) is 5.41. The molecule has 0 atom stereocenters. The minimum absolute atomic E-state index is 0.177. The van der Waals surface area contributed by atoms with Gasteiger partial charge in [-0.3, -0.25) is 4.79 Å². The highest BCUT2D eigenvalue weighted by Crippen LogP contribution is 2.26. The summed E-state index contributed by atoms with van der Waals surface area (Å²) in [4.78, 5) is 23.8. The lowest BCUT2D eigenvalue weighted by atomic mass is 10.2. The molecule has 0 unspecified atom stereocenters. The molecule has 2 rings (SSSR count). The van der Waals surface area contributed by atoms with Crippen LogP contribution in [-0.2, 0) is 0 Å². The third-order valence-electron chi connectivity index (χ3n) is 3.48. The minimum Gasteiger partial charge on any atom is -0.366 e. The number of Topliss-reactive ketones (excluding diaryl/α,β-unsaturated/α-hetero) is 1.